The fraction of sp³-hybridized carbons (Fsp3) is 0.0476. The van der Waals surface area contributed by atoms with Crippen LogP contribution in [0, 0.1) is 17.1 Å². The number of pyridine rings is 1. The molecule has 3 aromatic heterocycles. The van der Waals surface area contributed by atoms with Crippen LogP contribution in [0.15, 0.2) is 66.4 Å². The van der Waals surface area contributed by atoms with Crippen molar-refractivity contribution in [3.63, 3.8) is 0 Å². The summed E-state index contributed by atoms with van der Waals surface area (Å²) in [6, 6.07) is 11.8. The van der Waals surface area contributed by atoms with Gasteiger partial charge in [-0.1, -0.05) is 0 Å². The molecule has 4 N–H and O–H groups in total. The van der Waals surface area contributed by atoms with Crippen LogP contribution in [0.4, 0.5) is 4.39 Å². The first-order chi connectivity index (χ1) is 14.7. The fourth-order valence-corrected chi connectivity index (χ4v) is 3.66. The Bertz CT molecular complexity index is 1300. The molecule has 0 saturated heterocycles. The van der Waals surface area contributed by atoms with Gasteiger partial charge < -0.3 is 10.5 Å². The third kappa shape index (κ3) is 2.70. The number of aromatic nitrogens is 5. The molecule has 0 saturated carbocycles. The third-order valence-electron chi connectivity index (χ3n) is 5.02. The summed E-state index contributed by atoms with van der Waals surface area (Å²) in [4.78, 5) is 4.05. The molecule has 9 heteroatoms. The Kier molecular flexibility index (Phi) is 4.03. The number of hydrogen-bond acceptors (Lipinski definition) is 6. The smallest absolute Gasteiger partial charge is 0.244 e. The van der Waals surface area contributed by atoms with Gasteiger partial charge in [0.15, 0.2) is 0 Å². The van der Waals surface area contributed by atoms with Crippen LogP contribution in [0.1, 0.15) is 17.0 Å². The number of aromatic amines is 2. The lowest BCUT2D eigenvalue weighted by atomic mass is 9.82. The number of nitrogens with two attached hydrogens (primary N) is 1. The molecule has 1 atom stereocenters. The van der Waals surface area contributed by atoms with Crippen LogP contribution >= 0.6 is 0 Å². The van der Waals surface area contributed by atoms with E-state index in [1.165, 1.54) is 12.1 Å². The van der Waals surface area contributed by atoms with Gasteiger partial charge in [-0.2, -0.15) is 10.4 Å². The number of fused-ring (bicyclic) bond motifs is 1. The lowest BCUT2D eigenvalue weighted by Gasteiger charge is -2.24. The minimum atomic E-state index is -0.584. The van der Waals surface area contributed by atoms with Crippen LogP contribution < -0.4 is 10.5 Å². The van der Waals surface area contributed by atoms with E-state index in [9.17, 15) is 9.65 Å². The van der Waals surface area contributed by atoms with Crippen molar-refractivity contribution in [3.8, 4) is 34.5 Å². The predicted molar refractivity (Wildman–Crippen MR) is 105 cm³/mol. The average Bonchev–Trinajstić information content (AvgIpc) is 3.41. The van der Waals surface area contributed by atoms with Crippen LogP contribution in [-0.4, -0.2) is 25.4 Å². The number of rotatable bonds is 3. The number of allylic oxidation sites excluding steroid dienone is 1. The zero-order chi connectivity index (χ0) is 20.7. The van der Waals surface area contributed by atoms with Gasteiger partial charge in [0.05, 0.1) is 29.1 Å². The summed E-state index contributed by atoms with van der Waals surface area (Å²) in [7, 11) is 0. The van der Waals surface area contributed by atoms with E-state index in [2.05, 4.69) is 31.4 Å². The quantitative estimate of drug-likeness (QED) is 0.485. The molecular formula is C21H14FN7O. The Balaban J connectivity index is 1.74. The van der Waals surface area contributed by atoms with Crippen molar-refractivity contribution >= 4 is 0 Å². The monoisotopic (exact) mass is 399 g/mol. The van der Waals surface area contributed by atoms with Gasteiger partial charge in [0.1, 0.15) is 17.5 Å². The molecule has 146 valence electrons. The molecule has 1 aliphatic heterocycles. The van der Waals surface area contributed by atoms with Crippen LogP contribution in [0.3, 0.4) is 0 Å². The molecule has 30 heavy (non-hydrogen) atoms. The topological polar surface area (TPSA) is 129 Å². The van der Waals surface area contributed by atoms with Crippen LogP contribution in [-0.2, 0) is 0 Å². The number of H-pyrrole nitrogens is 2. The van der Waals surface area contributed by atoms with Gasteiger partial charge in [0.25, 0.3) is 0 Å². The number of ether oxygens (including phenoxy) is 1. The van der Waals surface area contributed by atoms with Crippen LogP contribution in [0.25, 0.3) is 22.5 Å². The van der Waals surface area contributed by atoms with Gasteiger partial charge in [0, 0.05) is 29.1 Å². The first-order valence-electron chi connectivity index (χ1n) is 9.03. The molecule has 0 spiro atoms. The van der Waals surface area contributed by atoms with Crippen molar-refractivity contribution in [2.24, 2.45) is 5.73 Å². The molecule has 0 aliphatic carbocycles. The Morgan fingerprint density at radius 3 is 2.50 bits per heavy atom. The number of nitrogens with zero attached hydrogens (tertiary/aromatic N) is 4. The lowest BCUT2D eigenvalue weighted by molar-refractivity contribution is 0.379. The number of nitrogens with one attached hydrogen (secondary N) is 2. The number of nitriles is 1. The predicted octanol–water partition coefficient (Wildman–Crippen LogP) is 3.22. The van der Waals surface area contributed by atoms with Crippen molar-refractivity contribution in [1.82, 2.24) is 25.4 Å². The zero-order valence-corrected chi connectivity index (χ0v) is 15.4. The molecule has 1 aromatic carbocycles. The maximum absolute atomic E-state index is 13.4. The van der Waals surface area contributed by atoms with E-state index >= 15 is 0 Å². The molecule has 4 aromatic rings. The Labute approximate surface area is 169 Å². The third-order valence-corrected chi connectivity index (χ3v) is 5.02. The maximum Gasteiger partial charge on any atom is 0.244 e. The highest BCUT2D eigenvalue weighted by molar-refractivity contribution is 5.74. The number of benzene rings is 1. The van der Waals surface area contributed by atoms with E-state index in [1.54, 1.807) is 30.7 Å². The maximum atomic E-state index is 13.4. The van der Waals surface area contributed by atoms with E-state index < -0.39 is 5.92 Å². The second kappa shape index (κ2) is 6.86. The van der Waals surface area contributed by atoms with Gasteiger partial charge >= 0.3 is 0 Å². The van der Waals surface area contributed by atoms with Gasteiger partial charge in [-0.15, -0.1) is 5.10 Å². The SMILES string of the molecule is N#CC1=C(N)Oc2n[nH]c(-c3ccncc3)c2[C@H]1c1cn[nH]c1-c1ccc(F)cc1. The van der Waals surface area contributed by atoms with Gasteiger partial charge in [-0.25, -0.2) is 4.39 Å². The van der Waals surface area contributed by atoms with E-state index in [0.717, 1.165) is 11.1 Å². The number of halogens is 1. The average molecular weight is 399 g/mol. The first-order valence-corrected chi connectivity index (χ1v) is 9.03. The molecule has 4 heterocycles. The van der Waals surface area contributed by atoms with Crippen LogP contribution in [0.2, 0.25) is 0 Å². The zero-order valence-electron chi connectivity index (χ0n) is 15.4. The van der Waals surface area contributed by atoms with Crippen molar-refractivity contribution in [2.45, 2.75) is 5.92 Å². The Hall–Kier alpha value is -4.45. The second-order valence-electron chi connectivity index (χ2n) is 6.69. The molecule has 0 fully saturated rings. The summed E-state index contributed by atoms with van der Waals surface area (Å²) >= 11 is 0. The lowest BCUT2D eigenvalue weighted by Crippen LogP contribution is -2.21. The summed E-state index contributed by atoms with van der Waals surface area (Å²) in [6.45, 7) is 0. The van der Waals surface area contributed by atoms with Crippen molar-refractivity contribution in [1.29, 1.82) is 5.26 Å². The molecular weight excluding hydrogens is 385 g/mol. The fourth-order valence-electron chi connectivity index (χ4n) is 3.66. The summed E-state index contributed by atoms with van der Waals surface area (Å²) in [5.41, 5.74) is 10.5. The highest BCUT2D eigenvalue weighted by Gasteiger charge is 2.37. The second-order valence-corrected chi connectivity index (χ2v) is 6.69. The van der Waals surface area contributed by atoms with Crippen molar-refractivity contribution in [2.75, 3.05) is 0 Å². The molecule has 0 amide bonds. The molecule has 1 aliphatic rings. The normalized spacial score (nSPS) is 15.4. The molecule has 8 nitrogen and oxygen atoms in total. The molecule has 0 bridgehead atoms. The van der Waals surface area contributed by atoms with Crippen LogP contribution in [0.5, 0.6) is 5.88 Å². The van der Waals surface area contributed by atoms with Gasteiger partial charge in [-0.05, 0) is 36.4 Å². The van der Waals surface area contributed by atoms with Gasteiger partial charge in [0.2, 0.25) is 11.8 Å². The highest BCUT2D eigenvalue weighted by atomic mass is 19.1. The largest absolute Gasteiger partial charge is 0.420 e. The summed E-state index contributed by atoms with van der Waals surface area (Å²) < 4.78 is 19.0. The summed E-state index contributed by atoms with van der Waals surface area (Å²) in [6.07, 6.45) is 4.96. The first kappa shape index (κ1) is 17.6. The highest BCUT2D eigenvalue weighted by Crippen LogP contribution is 2.47. The van der Waals surface area contributed by atoms with Crippen molar-refractivity contribution < 1.29 is 9.13 Å². The molecule has 0 radical (unpaired) electrons. The van der Waals surface area contributed by atoms with Gasteiger partial charge in [-0.3, -0.25) is 15.2 Å². The molecule has 0 unspecified atom stereocenters. The molecule has 5 rings (SSSR count). The van der Waals surface area contributed by atoms with E-state index in [4.69, 9.17) is 10.5 Å². The number of hydrogen-bond donors (Lipinski definition) is 3. The Morgan fingerprint density at radius 2 is 1.77 bits per heavy atom. The van der Waals surface area contributed by atoms with E-state index in [1.807, 2.05) is 12.1 Å². The minimum Gasteiger partial charge on any atom is -0.420 e. The van der Waals surface area contributed by atoms with E-state index in [0.29, 0.717) is 22.5 Å². The standard InChI is InChI=1S/C21H14FN7O/c22-13-3-1-11(2-4-13)18-15(10-26-27-18)16-14(9-23)20(24)30-21-17(16)19(28-29-21)12-5-7-25-8-6-12/h1-8,10,16H,24H2,(H,26,27)(H,28,29)/t16-/m1/s1. The summed E-state index contributed by atoms with van der Waals surface area (Å²) in [5, 5.41) is 24.2. The minimum absolute atomic E-state index is 0.0194. The van der Waals surface area contributed by atoms with E-state index in [-0.39, 0.29) is 23.2 Å². The summed E-state index contributed by atoms with van der Waals surface area (Å²) in [5.74, 6) is -0.659. The Morgan fingerprint density at radius 1 is 1.03 bits per heavy atom. The van der Waals surface area contributed by atoms with Crippen molar-refractivity contribution in [3.05, 3.63) is 83.4 Å².